The molecule has 2 amide bonds. The first-order valence-corrected chi connectivity index (χ1v) is 16.4. The Kier molecular flexibility index (Phi) is 14.8. The Morgan fingerprint density at radius 2 is 1.88 bits per heavy atom. The summed E-state index contributed by atoms with van der Waals surface area (Å²) in [5.74, 6) is -0.973. The van der Waals surface area contributed by atoms with Crippen molar-refractivity contribution < 1.29 is 23.9 Å². The van der Waals surface area contributed by atoms with Gasteiger partial charge in [-0.05, 0) is 45.7 Å². The predicted molar refractivity (Wildman–Crippen MR) is 167 cm³/mol. The molecular weight excluding hydrogens is 552 g/mol. The van der Waals surface area contributed by atoms with Crippen molar-refractivity contribution in [1.82, 2.24) is 20.1 Å². The number of likely N-dealkylation sites (tertiary alicyclic amines) is 1. The first-order valence-electron chi connectivity index (χ1n) is 15.5. The van der Waals surface area contributed by atoms with Crippen molar-refractivity contribution in [2.75, 3.05) is 20.1 Å². The van der Waals surface area contributed by atoms with Crippen LogP contribution in [0.4, 0.5) is 0 Å². The maximum Gasteiger partial charge on any atom is 0.303 e. The van der Waals surface area contributed by atoms with Crippen LogP contribution in [-0.2, 0) is 19.1 Å². The molecule has 9 nitrogen and oxygen atoms in total. The van der Waals surface area contributed by atoms with Crippen LogP contribution in [0.1, 0.15) is 121 Å². The number of likely N-dealkylation sites (N-methyl/N-ethyl adjacent to an activating group) is 1. The average Bonchev–Trinajstić information content (AvgIpc) is 3.44. The highest BCUT2D eigenvalue weighted by Crippen LogP contribution is 2.31. The first kappa shape index (κ1) is 35.6. The Morgan fingerprint density at radius 3 is 2.43 bits per heavy atom. The molecular formula is C32H52N4O5S. The number of amides is 2. The summed E-state index contributed by atoms with van der Waals surface area (Å²) in [6.45, 7) is 16.4. The average molecular weight is 605 g/mol. The van der Waals surface area contributed by atoms with E-state index in [2.05, 4.69) is 28.7 Å². The molecule has 5 atom stereocenters. The zero-order valence-electron chi connectivity index (χ0n) is 26.7. The van der Waals surface area contributed by atoms with Gasteiger partial charge in [-0.2, -0.15) is 0 Å². The van der Waals surface area contributed by atoms with Gasteiger partial charge >= 0.3 is 5.97 Å². The molecule has 1 saturated heterocycles. The number of hydrogen-bond acceptors (Lipinski definition) is 8. The summed E-state index contributed by atoms with van der Waals surface area (Å²) >= 11 is 1.26. The molecule has 0 aliphatic carbocycles. The standard InChI is InChI=1S/C32H52N4O5S/c1-9-11-12-14-18-36(32(40)29(22(5)10-2)34-30(39)26-16-13-15-17-35(26)8)27(21(3)4)19-28(41-24(7)38)31-33-25(20-42-31)23(6)37/h20,22,26-29H,3,9-19H2,1-2,4-8H3,(H,34,39)/t22-,26+,27+,28+,29-/m0/s1. The molecule has 1 aromatic heterocycles. The topological polar surface area (TPSA) is 109 Å². The van der Waals surface area contributed by atoms with Crippen molar-refractivity contribution >= 4 is 34.9 Å². The lowest BCUT2D eigenvalue weighted by Crippen LogP contribution is -2.58. The van der Waals surface area contributed by atoms with Crippen molar-refractivity contribution in [2.24, 2.45) is 5.92 Å². The lowest BCUT2D eigenvalue weighted by atomic mass is 9.93. The predicted octanol–water partition coefficient (Wildman–Crippen LogP) is 5.71. The summed E-state index contributed by atoms with van der Waals surface area (Å²) in [5, 5.41) is 5.31. The molecule has 1 aliphatic rings. The zero-order chi connectivity index (χ0) is 31.4. The van der Waals surface area contributed by atoms with Gasteiger partial charge in [-0.3, -0.25) is 24.1 Å². The third kappa shape index (κ3) is 10.3. The van der Waals surface area contributed by atoms with Gasteiger partial charge in [-0.15, -0.1) is 11.3 Å². The number of nitrogens with zero attached hydrogens (tertiary/aromatic N) is 3. The Morgan fingerprint density at radius 1 is 1.17 bits per heavy atom. The highest BCUT2D eigenvalue weighted by Gasteiger charge is 2.37. The quantitative estimate of drug-likeness (QED) is 0.105. The van der Waals surface area contributed by atoms with Crippen molar-refractivity contribution in [2.45, 2.75) is 124 Å². The maximum absolute atomic E-state index is 14.5. The number of piperidine rings is 1. The van der Waals surface area contributed by atoms with Crippen molar-refractivity contribution in [3.8, 4) is 0 Å². The number of rotatable bonds is 17. The summed E-state index contributed by atoms with van der Waals surface area (Å²) in [7, 11) is 1.96. The minimum absolute atomic E-state index is 0.0828. The third-order valence-electron chi connectivity index (χ3n) is 8.23. The highest BCUT2D eigenvalue weighted by atomic mass is 32.1. The fraction of sp³-hybridized carbons (Fsp3) is 0.719. The van der Waals surface area contributed by atoms with E-state index in [1.165, 1.54) is 25.2 Å². The van der Waals surface area contributed by atoms with Gasteiger partial charge in [0.15, 0.2) is 11.9 Å². The summed E-state index contributed by atoms with van der Waals surface area (Å²) in [6.07, 6.45) is 6.96. The molecule has 2 rings (SSSR count). The van der Waals surface area contributed by atoms with Crippen LogP contribution >= 0.6 is 11.3 Å². The van der Waals surface area contributed by atoms with Gasteiger partial charge in [0.05, 0.1) is 12.1 Å². The van der Waals surface area contributed by atoms with Crippen molar-refractivity contribution in [3.63, 3.8) is 0 Å². The van der Waals surface area contributed by atoms with Gasteiger partial charge in [-0.1, -0.05) is 65.0 Å². The molecule has 42 heavy (non-hydrogen) atoms. The van der Waals surface area contributed by atoms with Crippen LogP contribution in [0.3, 0.4) is 0 Å². The number of hydrogen-bond donors (Lipinski definition) is 1. The summed E-state index contributed by atoms with van der Waals surface area (Å²) < 4.78 is 5.71. The molecule has 10 heteroatoms. The van der Waals surface area contributed by atoms with Crippen LogP contribution in [0.5, 0.6) is 0 Å². The SMILES string of the molecule is C=C(C)[C@@H](C[C@@H](OC(C)=O)c1nc(C(C)=O)cs1)N(CCCCCC)C(=O)[C@@H](NC(=O)[C@H]1CCCCN1C)[C@@H](C)CC. The van der Waals surface area contributed by atoms with Gasteiger partial charge in [0, 0.05) is 32.2 Å². The molecule has 0 unspecified atom stereocenters. The summed E-state index contributed by atoms with van der Waals surface area (Å²) in [6, 6.07) is -1.40. The molecule has 1 aliphatic heterocycles. The molecule has 236 valence electrons. The fourth-order valence-electron chi connectivity index (χ4n) is 5.44. The number of carbonyl (C=O) groups excluding carboxylic acids is 4. The van der Waals surface area contributed by atoms with Crippen LogP contribution in [0.25, 0.3) is 0 Å². The number of unbranched alkanes of at least 4 members (excludes halogenated alkanes) is 3. The third-order valence-corrected chi connectivity index (χ3v) is 9.17. The van der Waals surface area contributed by atoms with Crippen LogP contribution < -0.4 is 5.32 Å². The number of esters is 1. The van der Waals surface area contributed by atoms with Gasteiger partial charge in [0.1, 0.15) is 16.7 Å². The zero-order valence-corrected chi connectivity index (χ0v) is 27.6. The Balaban J connectivity index is 2.44. The second-order valence-corrected chi connectivity index (χ2v) is 12.7. The number of nitrogens with one attached hydrogen (secondary N) is 1. The van der Waals surface area contributed by atoms with Crippen molar-refractivity contribution in [3.05, 3.63) is 28.2 Å². The monoisotopic (exact) mass is 604 g/mol. The molecule has 0 saturated carbocycles. The van der Waals surface area contributed by atoms with Gasteiger partial charge in [-0.25, -0.2) is 4.98 Å². The molecule has 1 aromatic rings. The van der Waals surface area contributed by atoms with E-state index in [1.807, 2.05) is 32.7 Å². The highest BCUT2D eigenvalue weighted by molar-refractivity contribution is 7.09. The van der Waals surface area contributed by atoms with Crippen molar-refractivity contribution in [1.29, 1.82) is 0 Å². The number of carbonyl (C=O) groups is 4. The Hall–Kier alpha value is -2.59. The number of ether oxygens (including phenoxy) is 1. The van der Waals surface area contributed by atoms with E-state index in [0.29, 0.717) is 17.2 Å². The Labute approximate surface area is 256 Å². The van der Waals surface area contributed by atoms with E-state index in [-0.39, 0.29) is 36.0 Å². The Bertz CT molecular complexity index is 1070. The second kappa shape index (κ2) is 17.5. The molecule has 0 radical (unpaired) electrons. The smallest absolute Gasteiger partial charge is 0.303 e. The van der Waals surface area contributed by atoms with E-state index in [0.717, 1.165) is 63.5 Å². The molecule has 1 fully saturated rings. The lowest BCUT2D eigenvalue weighted by molar-refractivity contribution is -0.148. The molecule has 0 bridgehead atoms. The van der Waals surface area contributed by atoms with Gasteiger partial charge in [0.25, 0.3) is 0 Å². The second-order valence-electron chi connectivity index (χ2n) is 11.8. The minimum Gasteiger partial charge on any atom is -0.455 e. The van der Waals surface area contributed by atoms with Crippen LogP contribution in [0, 0.1) is 5.92 Å². The van der Waals surface area contributed by atoms with E-state index in [4.69, 9.17) is 4.74 Å². The number of aromatic nitrogens is 1. The molecule has 0 aromatic carbocycles. The van der Waals surface area contributed by atoms with E-state index < -0.39 is 24.2 Å². The lowest BCUT2D eigenvalue weighted by Gasteiger charge is -2.39. The largest absolute Gasteiger partial charge is 0.455 e. The summed E-state index contributed by atoms with van der Waals surface area (Å²) in [4.78, 5) is 60.4. The van der Waals surface area contributed by atoms with E-state index in [1.54, 1.807) is 5.38 Å². The molecule has 0 spiro atoms. The normalized spacial score (nSPS) is 18.4. The number of Topliss-reactive ketones (excluding diaryl/α,β-unsaturated/α-hetero) is 1. The van der Waals surface area contributed by atoms with Crippen LogP contribution in [0.15, 0.2) is 17.5 Å². The molecule has 1 N–H and O–H groups in total. The van der Waals surface area contributed by atoms with Crippen LogP contribution in [-0.4, -0.2) is 76.6 Å². The number of thiazole rings is 1. The summed E-state index contributed by atoms with van der Waals surface area (Å²) in [5.41, 5.74) is 1.07. The minimum atomic E-state index is -0.749. The first-order chi connectivity index (χ1) is 19.9. The van der Waals surface area contributed by atoms with Gasteiger partial charge < -0.3 is 15.0 Å². The molecule has 2 heterocycles. The maximum atomic E-state index is 14.5. The fourth-order valence-corrected chi connectivity index (χ4v) is 6.34. The van der Waals surface area contributed by atoms with Crippen LogP contribution in [0.2, 0.25) is 0 Å². The van der Waals surface area contributed by atoms with E-state index in [9.17, 15) is 19.2 Å². The van der Waals surface area contributed by atoms with Gasteiger partial charge in [0.2, 0.25) is 11.8 Å². The number of ketones is 1. The van der Waals surface area contributed by atoms with E-state index >= 15 is 0 Å².